The Morgan fingerprint density at radius 3 is 2.41 bits per heavy atom. The zero-order valence-corrected chi connectivity index (χ0v) is 21.2. The number of rotatable bonds is 5. The second kappa shape index (κ2) is 10.3. The Hall–Kier alpha value is -3.82. The molecule has 3 unspecified atom stereocenters. The van der Waals surface area contributed by atoms with Gasteiger partial charge in [-0.25, -0.2) is 4.79 Å². The van der Waals surface area contributed by atoms with Crippen molar-refractivity contribution in [2.24, 2.45) is 0 Å². The molecule has 2 aliphatic rings. The van der Waals surface area contributed by atoms with Crippen LogP contribution in [0.15, 0.2) is 81.5 Å². The highest BCUT2D eigenvalue weighted by molar-refractivity contribution is 8.33. The second-order valence-electron chi connectivity index (χ2n) is 8.90. The summed E-state index contributed by atoms with van der Waals surface area (Å²) in [5, 5.41) is 15.8. The molecule has 37 heavy (non-hydrogen) atoms. The molecule has 0 radical (unpaired) electrons. The van der Waals surface area contributed by atoms with Crippen molar-refractivity contribution in [1.82, 2.24) is 15.2 Å². The quantitative estimate of drug-likeness (QED) is 0.361. The number of carboxylic acid groups (broad SMARTS) is 1. The number of benzene rings is 2. The Balaban J connectivity index is 1.28. The molecule has 2 heterocycles. The Labute approximate surface area is 220 Å². The minimum Gasteiger partial charge on any atom is -0.477 e. The predicted octanol–water partition coefficient (Wildman–Crippen LogP) is 4.35. The maximum absolute atomic E-state index is 13.3. The summed E-state index contributed by atoms with van der Waals surface area (Å²) < 4.78 is 1.49. The molecule has 1 aliphatic carbocycles. The minimum absolute atomic E-state index is 0.0564. The fraction of sp³-hybridized carbons (Fsp3) is 0.185. The fourth-order valence-corrected chi connectivity index (χ4v) is 7.11. The number of aliphatic carboxylic acids is 1. The number of carbonyl (C=O) groups is 3. The summed E-state index contributed by atoms with van der Waals surface area (Å²) in [6.45, 7) is 0. The van der Waals surface area contributed by atoms with Crippen LogP contribution in [-0.2, 0) is 4.79 Å². The van der Waals surface area contributed by atoms with Crippen LogP contribution in [0.4, 0.5) is 4.79 Å². The van der Waals surface area contributed by atoms with Crippen LogP contribution in [0.2, 0.25) is 5.02 Å². The summed E-state index contributed by atoms with van der Waals surface area (Å²) in [6, 6.07) is 16.0. The number of hydrogen-bond acceptors (Lipinski definition) is 4. The first-order valence-electron chi connectivity index (χ1n) is 11.8. The molecule has 3 atom stereocenters. The number of thiol groups is 1. The maximum atomic E-state index is 13.3. The maximum Gasteiger partial charge on any atom is 0.341 e. The Bertz CT molecular complexity index is 1480. The average molecular weight is 538 g/mol. The summed E-state index contributed by atoms with van der Waals surface area (Å²) >= 11 is 6.13. The molecule has 3 N–H and O–H groups in total. The van der Waals surface area contributed by atoms with Gasteiger partial charge in [0.2, 0.25) is 0 Å². The molecule has 3 aromatic rings. The first kappa shape index (κ1) is 24.9. The topological polar surface area (TPSA) is 118 Å². The first-order valence-corrected chi connectivity index (χ1v) is 13.5. The van der Waals surface area contributed by atoms with E-state index in [-0.39, 0.29) is 33.7 Å². The highest BCUT2D eigenvalue weighted by Crippen LogP contribution is 2.53. The number of hydrogen-bond donors (Lipinski definition) is 4. The molecule has 8 nitrogen and oxygen atoms in total. The lowest BCUT2D eigenvalue weighted by Gasteiger charge is -2.26. The minimum atomic E-state index is -1.78. The molecule has 0 bridgehead atoms. The molecular weight excluding hydrogens is 514 g/mol. The lowest BCUT2D eigenvalue weighted by Crippen LogP contribution is -2.48. The van der Waals surface area contributed by atoms with Gasteiger partial charge < -0.3 is 15.7 Å². The van der Waals surface area contributed by atoms with E-state index in [4.69, 9.17) is 11.6 Å². The lowest BCUT2D eigenvalue weighted by molar-refractivity contribution is -0.131. The Morgan fingerprint density at radius 1 is 0.973 bits per heavy atom. The molecule has 10 heteroatoms. The SMILES string of the molecule is O=C(O)C1=Cc2ccc(Cl)cc2[SH]1C(=O)NC1CCCC1NC(=O)c1ccc(-n2ccccc2=O)cc1. The van der Waals surface area contributed by atoms with Crippen LogP contribution in [0.5, 0.6) is 0 Å². The molecule has 5 rings (SSSR count). The molecule has 2 amide bonds. The third-order valence-electron chi connectivity index (χ3n) is 6.56. The van der Waals surface area contributed by atoms with Crippen molar-refractivity contribution in [2.45, 2.75) is 36.2 Å². The summed E-state index contributed by atoms with van der Waals surface area (Å²) in [5.41, 5.74) is 1.60. The van der Waals surface area contributed by atoms with E-state index in [0.717, 1.165) is 6.42 Å². The Morgan fingerprint density at radius 2 is 1.70 bits per heavy atom. The standard InChI is InChI=1S/C27H24ClN3O5S/c28-18-10-7-17-14-23(26(34)35)37(22(17)15-18)27(36)30-21-5-3-4-20(21)29-25(33)16-8-11-19(12-9-16)31-13-2-1-6-24(31)32/h1-2,6-15,20-21,37H,3-5H2,(H,29,33)(H,30,36)(H,34,35). The van der Waals surface area contributed by atoms with Crippen molar-refractivity contribution < 1.29 is 19.5 Å². The van der Waals surface area contributed by atoms with E-state index < -0.39 is 16.9 Å². The monoisotopic (exact) mass is 537 g/mol. The highest BCUT2D eigenvalue weighted by atomic mass is 35.5. The van der Waals surface area contributed by atoms with Crippen molar-refractivity contribution in [3.05, 3.63) is 98.3 Å². The molecule has 1 aliphatic heterocycles. The third kappa shape index (κ3) is 5.05. The van der Waals surface area contributed by atoms with Crippen molar-refractivity contribution in [2.75, 3.05) is 0 Å². The van der Waals surface area contributed by atoms with Gasteiger partial charge >= 0.3 is 5.97 Å². The van der Waals surface area contributed by atoms with Crippen molar-refractivity contribution in [3.63, 3.8) is 0 Å². The van der Waals surface area contributed by atoms with Crippen molar-refractivity contribution in [3.8, 4) is 5.69 Å². The van der Waals surface area contributed by atoms with E-state index in [1.165, 1.54) is 16.7 Å². The van der Waals surface area contributed by atoms with E-state index in [1.807, 2.05) is 0 Å². The molecule has 190 valence electrons. The van der Waals surface area contributed by atoms with Gasteiger partial charge in [0.1, 0.15) is 0 Å². The van der Waals surface area contributed by atoms with E-state index in [9.17, 15) is 24.3 Å². The number of nitrogens with one attached hydrogen (secondary N) is 2. The van der Waals surface area contributed by atoms with Gasteiger partial charge in [0, 0.05) is 45.5 Å². The summed E-state index contributed by atoms with van der Waals surface area (Å²) in [6.07, 6.45) is 5.36. The number of nitrogens with zero attached hydrogens (tertiary/aromatic N) is 1. The smallest absolute Gasteiger partial charge is 0.341 e. The van der Waals surface area contributed by atoms with Gasteiger partial charge in [-0.2, -0.15) is 0 Å². The zero-order valence-electron chi connectivity index (χ0n) is 19.6. The van der Waals surface area contributed by atoms with Crippen molar-refractivity contribution in [1.29, 1.82) is 0 Å². The van der Waals surface area contributed by atoms with Gasteiger partial charge in [-0.15, -0.1) is 10.9 Å². The number of carbonyl (C=O) groups excluding carboxylic acids is 2. The van der Waals surface area contributed by atoms with Gasteiger partial charge in [0.15, 0.2) is 0 Å². The van der Waals surface area contributed by atoms with Gasteiger partial charge in [-0.3, -0.25) is 19.0 Å². The molecule has 0 spiro atoms. The molecule has 2 aromatic carbocycles. The number of fused-ring (bicyclic) bond motifs is 1. The van der Waals surface area contributed by atoms with Gasteiger partial charge in [-0.05, 0) is 73.4 Å². The second-order valence-corrected chi connectivity index (χ2v) is 11.4. The molecule has 1 aromatic heterocycles. The van der Waals surface area contributed by atoms with E-state index in [1.54, 1.807) is 60.8 Å². The number of amides is 2. The van der Waals surface area contributed by atoms with Crippen molar-refractivity contribution >= 4 is 45.7 Å². The van der Waals surface area contributed by atoms with E-state index in [0.29, 0.717) is 39.6 Å². The normalized spacial score (nSPS) is 21.1. The van der Waals surface area contributed by atoms with E-state index in [2.05, 4.69) is 10.6 Å². The number of pyridine rings is 1. The van der Waals surface area contributed by atoms with Crippen LogP contribution in [0.3, 0.4) is 0 Å². The number of aromatic nitrogens is 1. The van der Waals surface area contributed by atoms with Crippen LogP contribution >= 0.6 is 22.5 Å². The molecule has 1 saturated carbocycles. The first-order chi connectivity index (χ1) is 17.8. The van der Waals surface area contributed by atoms with Crippen LogP contribution in [0.25, 0.3) is 11.8 Å². The zero-order chi connectivity index (χ0) is 26.1. The molecular formula is C27H24ClN3O5S. The average Bonchev–Trinajstić information content (AvgIpc) is 3.48. The molecule has 1 fully saturated rings. The van der Waals surface area contributed by atoms with E-state index >= 15 is 0 Å². The number of halogens is 1. The fourth-order valence-electron chi connectivity index (χ4n) is 4.74. The van der Waals surface area contributed by atoms with Gasteiger partial charge in [0.25, 0.3) is 16.7 Å². The highest BCUT2D eigenvalue weighted by Gasteiger charge is 2.36. The van der Waals surface area contributed by atoms with Crippen LogP contribution < -0.4 is 16.2 Å². The predicted molar refractivity (Wildman–Crippen MR) is 144 cm³/mol. The van der Waals surface area contributed by atoms with Gasteiger partial charge in [0.05, 0.1) is 4.91 Å². The number of carboxylic acids is 1. The summed E-state index contributed by atoms with van der Waals surface area (Å²) in [5.74, 6) is -1.42. The Kier molecular flexibility index (Phi) is 6.90. The largest absolute Gasteiger partial charge is 0.477 e. The van der Waals surface area contributed by atoms with Gasteiger partial charge in [-0.1, -0.05) is 23.7 Å². The molecule has 0 saturated heterocycles. The third-order valence-corrected chi connectivity index (χ3v) is 9.00. The van der Waals surface area contributed by atoms with Crippen LogP contribution in [0, 0.1) is 0 Å². The van der Waals surface area contributed by atoms with Crippen LogP contribution in [0.1, 0.15) is 35.2 Å². The van der Waals surface area contributed by atoms with Crippen LogP contribution in [-0.4, -0.2) is 38.9 Å². The lowest BCUT2D eigenvalue weighted by atomic mass is 10.1. The summed E-state index contributed by atoms with van der Waals surface area (Å²) in [4.78, 5) is 50.9. The summed E-state index contributed by atoms with van der Waals surface area (Å²) in [7, 11) is -1.78.